The molecule has 0 aliphatic heterocycles. The predicted molar refractivity (Wildman–Crippen MR) is 82.1 cm³/mol. The second-order valence-electron chi connectivity index (χ2n) is 4.46. The highest BCUT2D eigenvalue weighted by molar-refractivity contribution is 5.84. The fourth-order valence-electron chi connectivity index (χ4n) is 2.11. The number of nitrogens with zero attached hydrogens (tertiary/aromatic N) is 3. The molecular weight excluding hydrogens is 266 g/mol. The summed E-state index contributed by atoms with van der Waals surface area (Å²) in [5, 5.41) is 5.14. The Bertz CT molecular complexity index is 770. The summed E-state index contributed by atoms with van der Waals surface area (Å²) in [4.78, 5) is 12.4. The zero-order chi connectivity index (χ0) is 14.7. The number of hydrogen-bond acceptors (Lipinski definition) is 6. The molecule has 0 spiro atoms. The van der Waals surface area contributed by atoms with E-state index in [1.807, 2.05) is 30.3 Å². The van der Waals surface area contributed by atoms with Crippen LogP contribution in [-0.2, 0) is 6.61 Å². The zero-order valence-electron chi connectivity index (χ0n) is 11.6. The molecule has 0 aliphatic carbocycles. The van der Waals surface area contributed by atoms with Gasteiger partial charge in [-0.2, -0.15) is 4.98 Å². The van der Waals surface area contributed by atoms with E-state index in [0.717, 1.165) is 16.5 Å². The minimum Gasteiger partial charge on any atom is -0.482 e. The summed E-state index contributed by atoms with van der Waals surface area (Å²) in [6.45, 7) is 0.337. The van der Waals surface area contributed by atoms with Crippen LogP contribution in [0, 0.1) is 0 Å². The Hall–Kier alpha value is -2.89. The molecule has 2 aromatic heterocycles. The third-order valence-corrected chi connectivity index (χ3v) is 3.13. The lowest BCUT2D eigenvalue weighted by Gasteiger charge is -2.11. The van der Waals surface area contributed by atoms with Gasteiger partial charge in [-0.05, 0) is 11.5 Å². The van der Waals surface area contributed by atoms with Gasteiger partial charge in [0.15, 0.2) is 11.6 Å². The Balaban J connectivity index is 1.87. The summed E-state index contributed by atoms with van der Waals surface area (Å²) in [7, 11) is 1.75. The van der Waals surface area contributed by atoms with E-state index in [4.69, 9.17) is 10.5 Å². The Morgan fingerprint density at radius 3 is 2.90 bits per heavy atom. The van der Waals surface area contributed by atoms with Crippen LogP contribution >= 0.6 is 0 Å². The Morgan fingerprint density at radius 1 is 1.19 bits per heavy atom. The molecular formula is C15H15N5O. The summed E-state index contributed by atoms with van der Waals surface area (Å²) in [6, 6.07) is 10.0. The van der Waals surface area contributed by atoms with Crippen molar-refractivity contribution in [3.63, 3.8) is 0 Å². The Kier molecular flexibility index (Phi) is 3.51. The SMILES string of the molecule is CNc1nc(N)ncc1OCc1nccc2ccccc12. The number of nitrogens with one attached hydrogen (secondary N) is 1. The third-order valence-electron chi connectivity index (χ3n) is 3.13. The van der Waals surface area contributed by atoms with Crippen molar-refractivity contribution in [1.29, 1.82) is 0 Å². The van der Waals surface area contributed by atoms with Crippen molar-refractivity contribution in [1.82, 2.24) is 15.0 Å². The molecule has 0 aliphatic rings. The fourth-order valence-corrected chi connectivity index (χ4v) is 2.11. The number of anilines is 2. The number of ether oxygens (including phenoxy) is 1. The number of nitrogens with two attached hydrogens (primary N) is 1. The maximum atomic E-state index is 5.77. The maximum absolute atomic E-state index is 5.77. The molecule has 0 fully saturated rings. The number of fused-ring (bicyclic) bond motifs is 1. The summed E-state index contributed by atoms with van der Waals surface area (Å²) in [6.07, 6.45) is 3.33. The third kappa shape index (κ3) is 2.69. The Labute approximate surface area is 122 Å². The van der Waals surface area contributed by atoms with Crippen LogP contribution < -0.4 is 15.8 Å². The minimum absolute atomic E-state index is 0.204. The molecule has 3 aromatic rings. The monoisotopic (exact) mass is 281 g/mol. The molecule has 0 atom stereocenters. The molecule has 6 nitrogen and oxygen atoms in total. The van der Waals surface area contributed by atoms with Gasteiger partial charge in [0.05, 0.1) is 11.9 Å². The normalized spacial score (nSPS) is 10.5. The average molecular weight is 281 g/mol. The first-order valence-corrected chi connectivity index (χ1v) is 6.53. The standard InChI is InChI=1S/C15H15N5O/c1-17-14-13(8-19-15(16)20-14)21-9-12-11-5-3-2-4-10(11)6-7-18-12/h2-8H,9H2,1H3,(H3,16,17,19,20). The van der Waals surface area contributed by atoms with Gasteiger partial charge in [-0.25, -0.2) is 4.98 Å². The van der Waals surface area contributed by atoms with Crippen molar-refractivity contribution in [3.8, 4) is 5.75 Å². The first-order chi connectivity index (χ1) is 10.3. The van der Waals surface area contributed by atoms with Crippen LogP contribution in [0.3, 0.4) is 0 Å². The number of aromatic nitrogens is 3. The van der Waals surface area contributed by atoms with E-state index in [2.05, 4.69) is 20.3 Å². The van der Waals surface area contributed by atoms with Gasteiger partial charge in [0.25, 0.3) is 0 Å². The summed E-state index contributed by atoms with van der Waals surface area (Å²) in [5.74, 6) is 1.30. The number of rotatable bonds is 4. The summed E-state index contributed by atoms with van der Waals surface area (Å²) >= 11 is 0. The van der Waals surface area contributed by atoms with Crippen LogP contribution in [-0.4, -0.2) is 22.0 Å². The highest BCUT2D eigenvalue weighted by Gasteiger charge is 2.08. The minimum atomic E-state index is 0.204. The second-order valence-corrected chi connectivity index (χ2v) is 4.46. The number of hydrogen-bond donors (Lipinski definition) is 2. The molecule has 3 N–H and O–H groups in total. The topological polar surface area (TPSA) is 86.0 Å². The van der Waals surface area contributed by atoms with E-state index < -0.39 is 0 Å². The molecule has 3 rings (SSSR count). The fraction of sp³-hybridized carbons (Fsp3) is 0.133. The zero-order valence-corrected chi connectivity index (χ0v) is 11.6. The van der Waals surface area contributed by atoms with Crippen molar-refractivity contribution in [2.75, 3.05) is 18.1 Å². The van der Waals surface area contributed by atoms with Crippen molar-refractivity contribution in [2.45, 2.75) is 6.61 Å². The molecule has 6 heteroatoms. The van der Waals surface area contributed by atoms with E-state index >= 15 is 0 Å². The van der Waals surface area contributed by atoms with Gasteiger partial charge < -0.3 is 15.8 Å². The van der Waals surface area contributed by atoms with Crippen LogP contribution in [0.2, 0.25) is 0 Å². The van der Waals surface area contributed by atoms with Crippen LogP contribution in [0.15, 0.2) is 42.7 Å². The first-order valence-electron chi connectivity index (χ1n) is 6.53. The van der Waals surface area contributed by atoms with Gasteiger partial charge >= 0.3 is 0 Å². The Morgan fingerprint density at radius 2 is 2.05 bits per heavy atom. The van der Waals surface area contributed by atoms with Crippen molar-refractivity contribution in [3.05, 3.63) is 48.4 Å². The summed E-state index contributed by atoms with van der Waals surface area (Å²) < 4.78 is 5.77. The quantitative estimate of drug-likeness (QED) is 0.762. The lowest BCUT2D eigenvalue weighted by atomic mass is 10.1. The van der Waals surface area contributed by atoms with Gasteiger partial charge in [-0.15, -0.1) is 0 Å². The number of pyridine rings is 1. The molecule has 1 aromatic carbocycles. The molecule has 0 radical (unpaired) electrons. The number of benzene rings is 1. The lowest BCUT2D eigenvalue weighted by molar-refractivity contribution is 0.302. The van der Waals surface area contributed by atoms with E-state index in [-0.39, 0.29) is 5.95 Å². The van der Waals surface area contributed by atoms with Crippen molar-refractivity contribution < 1.29 is 4.74 Å². The van der Waals surface area contributed by atoms with Gasteiger partial charge in [0.2, 0.25) is 5.95 Å². The molecule has 0 unspecified atom stereocenters. The highest BCUT2D eigenvalue weighted by Crippen LogP contribution is 2.23. The predicted octanol–water partition coefficient (Wildman–Crippen LogP) is 2.23. The summed E-state index contributed by atoms with van der Waals surface area (Å²) in [5.41, 5.74) is 6.42. The van der Waals surface area contributed by atoms with Crippen LogP contribution in [0.25, 0.3) is 10.8 Å². The van der Waals surface area contributed by atoms with Gasteiger partial charge in [-0.3, -0.25) is 4.98 Å². The molecule has 0 saturated heterocycles. The van der Waals surface area contributed by atoms with Crippen LogP contribution in [0.5, 0.6) is 5.75 Å². The first kappa shape index (κ1) is 13.1. The average Bonchev–Trinajstić information content (AvgIpc) is 2.53. The maximum Gasteiger partial charge on any atom is 0.222 e. The second kappa shape index (κ2) is 5.62. The van der Waals surface area contributed by atoms with Gasteiger partial charge in [0, 0.05) is 18.6 Å². The van der Waals surface area contributed by atoms with Crippen LogP contribution in [0.1, 0.15) is 5.69 Å². The smallest absolute Gasteiger partial charge is 0.222 e. The number of nitrogen functional groups attached to an aromatic ring is 1. The van der Waals surface area contributed by atoms with Gasteiger partial charge in [-0.1, -0.05) is 24.3 Å². The van der Waals surface area contributed by atoms with Crippen LogP contribution in [0.4, 0.5) is 11.8 Å². The molecule has 0 bridgehead atoms. The molecule has 2 heterocycles. The van der Waals surface area contributed by atoms with E-state index in [1.54, 1.807) is 19.4 Å². The van der Waals surface area contributed by atoms with E-state index in [1.165, 1.54) is 0 Å². The highest BCUT2D eigenvalue weighted by atomic mass is 16.5. The van der Waals surface area contributed by atoms with Gasteiger partial charge in [0.1, 0.15) is 6.61 Å². The van der Waals surface area contributed by atoms with E-state index in [9.17, 15) is 0 Å². The largest absolute Gasteiger partial charge is 0.482 e. The van der Waals surface area contributed by atoms with Crippen molar-refractivity contribution in [2.24, 2.45) is 0 Å². The lowest BCUT2D eigenvalue weighted by Crippen LogP contribution is -2.05. The molecule has 0 amide bonds. The van der Waals surface area contributed by atoms with E-state index in [0.29, 0.717) is 18.2 Å². The van der Waals surface area contributed by atoms with Crippen molar-refractivity contribution >= 4 is 22.5 Å². The molecule has 0 saturated carbocycles. The molecule has 106 valence electrons. The molecule has 21 heavy (non-hydrogen) atoms.